The SMILES string of the molecule is CON(C)S(=O)(=O)c1ccc(C(=O)Nc2ccc(C)c(Cl)c2)cc1. The maximum Gasteiger partial charge on any atom is 0.264 e. The van der Waals surface area contributed by atoms with Crippen molar-refractivity contribution in [1.82, 2.24) is 4.47 Å². The van der Waals surface area contributed by atoms with Crippen LogP contribution in [0.1, 0.15) is 15.9 Å². The van der Waals surface area contributed by atoms with Crippen molar-refractivity contribution in [3.8, 4) is 0 Å². The van der Waals surface area contributed by atoms with Crippen LogP contribution in [-0.4, -0.2) is 33.0 Å². The first-order valence-electron chi connectivity index (χ1n) is 6.96. The standard InChI is InChI=1S/C16H17ClN2O4S/c1-11-4-7-13(10-15(11)17)18-16(20)12-5-8-14(9-6-12)24(21,22)19(2)23-3/h4-10H,1-3H3,(H,18,20). The molecule has 0 heterocycles. The van der Waals surface area contributed by atoms with Crippen molar-refractivity contribution in [2.75, 3.05) is 19.5 Å². The molecule has 1 N–H and O–H groups in total. The molecule has 0 radical (unpaired) electrons. The molecular formula is C16H17ClN2O4S. The first-order valence-corrected chi connectivity index (χ1v) is 8.78. The van der Waals surface area contributed by atoms with E-state index in [4.69, 9.17) is 16.4 Å². The van der Waals surface area contributed by atoms with Gasteiger partial charge in [-0.15, -0.1) is 0 Å². The molecule has 0 unspecified atom stereocenters. The van der Waals surface area contributed by atoms with E-state index < -0.39 is 10.0 Å². The summed E-state index contributed by atoms with van der Waals surface area (Å²) in [6.07, 6.45) is 0. The van der Waals surface area contributed by atoms with Crippen molar-refractivity contribution in [2.45, 2.75) is 11.8 Å². The fraction of sp³-hybridized carbons (Fsp3) is 0.188. The molecule has 0 aliphatic heterocycles. The largest absolute Gasteiger partial charge is 0.322 e. The van der Waals surface area contributed by atoms with Crippen molar-refractivity contribution in [2.24, 2.45) is 0 Å². The molecule has 0 atom stereocenters. The van der Waals surface area contributed by atoms with Crippen molar-refractivity contribution >= 4 is 33.2 Å². The first kappa shape index (κ1) is 18.4. The maximum atomic E-state index is 12.2. The summed E-state index contributed by atoms with van der Waals surface area (Å²) in [7, 11) is -1.19. The minimum absolute atomic E-state index is 0.0294. The highest BCUT2D eigenvalue weighted by Gasteiger charge is 2.21. The number of sulfonamides is 1. The van der Waals surface area contributed by atoms with E-state index in [-0.39, 0.29) is 10.8 Å². The molecule has 0 spiro atoms. The fourth-order valence-electron chi connectivity index (χ4n) is 1.90. The second kappa shape index (κ2) is 7.31. The molecule has 0 fully saturated rings. The Labute approximate surface area is 146 Å². The van der Waals surface area contributed by atoms with Gasteiger partial charge in [0.1, 0.15) is 0 Å². The van der Waals surface area contributed by atoms with E-state index in [0.29, 0.717) is 16.3 Å². The molecule has 0 saturated heterocycles. The molecule has 128 valence electrons. The van der Waals surface area contributed by atoms with Gasteiger partial charge in [-0.25, -0.2) is 8.42 Å². The van der Waals surface area contributed by atoms with Crippen molar-refractivity contribution in [3.63, 3.8) is 0 Å². The third kappa shape index (κ3) is 3.93. The Morgan fingerprint density at radius 3 is 2.33 bits per heavy atom. The average molecular weight is 369 g/mol. The third-order valence-electron chi connectivity index (χ3n) is 3.44. The topological polar surface area (TPSA) is 75.7 Å². The number of anilines is 1. The Bertz CT molecular complexity index is 851. The maximum absolute atomic E-state index is 12.2. The predicted octanol–water partition coefficient (Wildman–Crippen LogP) is 3.08. The molecular weight excluding hydrogens is 352 g/mol. The summed E-state index contributed by atoms with van der Waals surface area (Å²) in [5.41, 5.74) is 1.80. The second-order valence-corrected chi connectivity index (χ2v) is 7.38. The van der Waals surface area contributed by atoms with E-state index in [1.54, 1.807) is 18.2 Å². The highest BCUT2D eigenvalue weighted by Crippen LogP contribution is 2.21. The quantitative estimate of drug-likeness (QED) is 0.823. The number of carbonyl (C=O) groups is 1. The lowest BCUT2D eigenvalue weighted by Gasteiger charge is -2.14. The highest BCUT2D eigenvalue weighted by molar-refractivity contribution is 7.89. The Morgan fingerprint density at radius 1 is 1.17 bits per heavy atom. The zero-order valence-corrected chi connectivity index (χ0v) is 15.0. The van der Waals surface area contributed by atoms with Gasteiger partial charge in [0.2, 0.25) is 0 Å². The van der Waals surface area contributed by atoms with Crippen LogP contribution >= 0.6 is 11.6 Å². The smallest absolute Gasteiger partial charge is 0.264 e. The van der Waals surface area contributed by atoms with Gasteiger partial charge < -0.3 is 5.32 Å². The van der Waals surface area contributed by atoms with Gasteiger partial charge in [0.15, 0.2) is 0 Å². The number of aryl methyl sites for hydroxylation is 1. The summed E-state index contributed by atoms with van der Waals surface area (Å²) in [5.74, 6) is -0.362. The van der Waals surface area contributed by atoms with Crippen LogP contribution in [0.25, 0.3) is 0 Å². The van der Waals surface area contributed by atoms with E-state index in [1.165, 1.54) is 38.4 Å². The minimum Gasteiger partial charge on any atom is -0.322 e. The minimum atomic E-state index is -3.74. The van der Waals surface area contributed by atoms with Crippen LogP contribution in [0.2, 0.25) is 5.02 Å². The monoisotopic (exact) mass is 368 g/mol. The summed E-state index contributed by atoms with van der Waals surface area (Å²) in [4.78, 5) is 17.0. The molecule has 2 aromatic rings. The van der Waals surface area contributed by atoms with Crippen LogP contribution in [0.4, 0.5) is 5.69 Å². The number of hydrogen-bond acceptors (Lipinski definition) is 4. The van der Waals surface area contributed by atoms with Crippen LogP contribution in [0, 0.1) is 6.92 Å². The first-order chi connectivity index (χ1) is 11.3. The van der Waals surface area contributed by atoms with Crippen LogP contribution < -0.4 is 5.32 Å². The summed E-state index contributed by atoms with van der Waals surface area (Å²) < 4.78 is 24.9. The molecule has 0 bridgehead atoms. The molecule has 2 aromatic carbocycles. The third-order valence-corrected chi connectivity index (χ3v) is 5.54. The molecule has 8 heteroatoms. The van der Waals surface area contributed by atoms with Crippen molar-refractivity contribution in [3.05, 3.63) is 58.6 Å². The number of amides is 1. The highest BCUT2D eigenvalue weighted by atomic mass is 35.5. The van der Waals surface area contributed by atoms with Gasteiger partial charge in [-0.2, -0.15) is 0 Å². The Balaban J connectivity index is 2.18. The molecule has 1 amide bonds. The summed E-state index contributed by atoms with van der Waals surface area (Å²) >= 11 is 6.02. The van der Waals surface area contributed by atoms with Crippen LogP contribution in [0.5, 0.6) is 0 Å². The van der Waals surface area contributed by atoms with Gasteiger partial charge in [0, 0.05) is 23.3 Å². The van der Waals surface area contributed by atoms with E-state index >= 15 is 0 Å². The van der Waals surface area contributed by atoms with Crippen LogP contribution in [0.3, 0.4) is 0 Å². The van der Waals surface area contributed by atoms with Crippen molar-refractivity contribution < 1.29 is 18.0 Å². The normalized spacial score (nSPS) is 11.5. The number of benzene rings is 2. The number of nitrogens with zero attached hydrogens (tertiary/aromatic N) is 1. The lowest BCUT2D eigenvalue weighted by Crippen LogP contribution is -2.25. The number of halogens is 1. The fourth-order valence-corrected chi connectivity index (χ4v) is 3.05. The summed E-state index contributed by atoms with van der Waals surface area (Å²) in [5, 5.41) is 3.26. The van der Waals surface area contributed by atoms with Gasteiger partial charge in [0.05, 0.1) is 12.0 Å². The van der Waals surface area contributed by atoms with Crippen LogP contribution in [0.15, 0.2) is 47.4 Å². The Kier molecular flexibility index (Phi) is 5.61. The lowest BCUT2D eigenvalue weighted by molar-refractivity contribution is -0.0258. The van der Waals surface area contributed by atoms with E-state index in [2.05, 4.69) is 5.32 Å². The average Bonchev–Trinajstić information content (AvgIpc) is 2.57. The number of carbonyl (C=O) groups excluding carboxylic acids is 1. The molecule has 0 aromatic heterocycles. The number of nitrogens with one attached hydrogen (secondary N) is 1. The molecule has 24 heavy (non-hydrogen) atoms. The summed E-state index contributed by atoms with van der Waals surface area (Å²) in [6.45, 7) is 1.87. The molecule has 0 saturated carbocycles. The van der Waals surface area contributed by atoms with Gasteiger partial charge in [-0.3, -0.25) is 9.63 Å². The zero-order valence-electron chi connectivity index (χ0n) is 13.4. The number of hydroxylamine groups is 1. The number of rotatable bonds is 5. The van der Waals surface area contributed by atoms with Gasteiger partial charge in [-0.1, -0.05) is 22.1 Å². The lowest BCUT2D eigenvalue weighted by atomic mass is 10.2. The van der Waals surface area contributed by atoms with E-state index in [9.17, 15) is 13.2 Å². The molecule has 2 rings (SSSR count). The van der Waals surface area contributed by atoms with E-state index in [1.807, 2.05) is 6.92 Å². The molecule has 0 aliphatic rings. The molecule has 6 nitrogen and oxygen atoms in total. The zero-order chi connectivity index (χ0) is 17.9. The van der Waals surface area contributed by atoms with E-state index in [0.717, 1.165) is 10.0 Å². The summed E-state index contributed by atoms with van der Waals surface area (Å²) in [6, 6.07) is 10.8. The Morgan fingerprint density at radius 2 is 1.79 bits per heavy atom. The van der Waals surface area contributed by atoms with Gasteiger partial charge in [-0.05, 0) is 48.9 Å². The van der Waals surface area contributed by atoms with Crippen molar-refractivity contribution in [1.29, 1.82) is 0 Å². The second-order valence-electron chi connectivity index (χ2n) is 5.04. The predicted molar refractivity (Wildman–Crippen MR) is 92.5 cm³/mol. The van der Waals surface area contributed by atoms with Gasteiger partial charge >= 0.3 is 0 Å². The number of hydrogen-bond donors (Lipinski definition) is 1. The molecule has 0 aliphatic carbocycles. The van der Waals surface area contributed by atoms with Crippen LogP contribution in [-0.2, 0) is 14.9 Å². The Hall–Kier alpha value is -1.93. The van der Waals surface area contributed by atoms with Gasteiger partial charge in [0.25, 0.3) is 15.9 Å².